The van der Waals surface area contributed by atoms with Crippen LogP contribution in [0, 0.1) is 5.92 Å². The minimum atomic E-state index is -2.85. The van der Waals surface area contributed by atoms with Crippen LogP contribution in [0.3, 0.4) is 0 Å². The SMILES string of the molecule is CCCCCCC1COC(c2ccccc2OC(F)F)OC1. The summed E-state index contributed by atoms with van der Waals surface area (Å²) in [5, 5.41) is 0. The Morgan fingerprint density at radius 3 is 2.55 bits per heavy atom. The molecule has 0 atom stereocenters. The molecule has 1 aromatic carbocycles. The minimum Gasteiger partial charge on any atom is -0.434 e. The molecule has 0 aliphatic carbocycles. The molecule has 0 spiro atoms. The first-order valence-corrected chi connectivity index (χ1v) is 7.97. The number of benzene rings is 1. The van der Waals surface area contributed by atoms with Crippen molar-refractivity contribution in [3.8, 4) is 5.75 Å². The van der Waals surface area contributed by atoms with Crippen molar-refractivity contribution in [2.24, 2.45) is 5.92 Å². The standard InChI is InChI=1S/C17H24F2O3/c1-2-3-4-5-8-13-11-20-16(21-12-13)14-9-6-7-10-15(14)22-17(18)19/h6-7,9-10,13,16-17H,2-5,8,11-12H2,1H3. The molecular formula is C17H24F2O3. The molecule has 1 saturated heterocycles. The van der Waals surface area contributed by atoms with Crippen LogP contribution in [0.1, 0.15) is 50.9 Å². The van der Waals surface area contributed by atoms with E-state index < -0.39 is 12.9 Å². The molecule has 3 nitrogen and oxygen atoms in total. The molecule has 1 aliphatic heterocycles. The fourth-order valence-electron chi connectivity index (χ4n) is 2.63. The van der Waals surface area contributed by atoms with Gasteiger partial charge in [-0.1, -0.05) is 50.8 Å². The van der Waals surface area contributed by atoms with Crippen molar-refractivity contribution in [2.75, 3.05) is 13.2 Å². The Labute approximate surface area is 130 Å². The van der Waals surface area contributed by atoms with Crippen molar-refractivity contribution >= 4 is 0 Å². The Morgan fingerprint density at radius 2 is 1.86 bits per heavy atom. The highest BCUT2D eigenvalue weighted by molar-refractivity contribution is 5.34. The second kappa shape index (κ2) is 9.06. The van der Waals surface area contributed by atoms with Gasteiger partial charge in [0.2, 0.25) is 0 Å². The summed E-state index contributed by atoms with van der Waals surface area (Å²) in [6.07, 6.45) is 5.36. The summed E-state index contributed by atoms with van der Waals surface area (Å²) in [6, 6.07) is 6.62. The number of hydrogen-bond donors (Lipinski definition) is 0. The van der Waals surface area contributed by atoms with Gasteiger partial charge in [0.1, 0.15) is 5.75 Å². The van der Waals surface area contributed by atoms with E-state index >= 15 is 0 Å². The molecule has 2 rings (SSSR count). The number of hydrogen-bond acceptors (Lipinski definition) is 3. The lowest BCUT2D eigenvalue weighted by Gasteiger charge is -2.30. The van der Waals surface area contributed by atoms with Gasteiger partial charge in [-0.3, -0.25) is 0 Å². The van der Waals surface area contributed by atoms with Crippen molar-refractivity contribution in [3.63, 3.8) is 0 Å². The van der Waals surface area contributed by atoms with E-state index in [9.17, 15) is 8.78 Å². The lowest BCUT2D eigenvalue weighted by Crippen LogP contribution is -2.27. The summed E-state index contributed by atoms with van der Waals surface area (Å²) in [5.41, 5.74) is 0.521. The van der Waals surface area contributed by atoms with Crippen molar-refractivity contribution in [3.05, 3.63) is 29.8 Å². The minimum absolute atomic E-state index is 0.115. The van der Waals surface area contributed by atoms with Gasteiger partial charge in [-0.2, -0.15) is 8.78 Å². The first-order valence-electron chi connectivity index (χ1n) is 7.97. The number of halogens is 2. The third kappa shape index (κ3) is 5.21. The molecule has 0 bridgehead atoms. The molecule has 0 amide bonds. The lowest BCUT2D eigenvalue weighted by atomic mass is 10.0. The third-order valence-electron chi connectivity index (χ3n) is 3.82. The van der Waals surface area contributed by atoms with Crippen molar-refractivity contribution in [2.45, 2.75) is 51.9 Å². The molecule has 0 N–H and O–H groups in total. The van der Waals surface area contributed by atoms with Crippen LogP contribution >= 0.6 is 0 Å². The average molecular weight is 314 g/mol. The quantitative estimate of drug-likeness (QED) is 0.637. The molecule has 0 unspecified atom stereocenters. The van der Waals surface area contributed by atoms with Gasteiger partial charge in [-0.15, -0.1) is 0 Å². The highest BCUT2D eigenvalue weighted by Crippen LogP contribution is 2.33. The Balaban J connectivity index is 1.84. The number of ether oxygens (including phenoxy) is 3. The predicted octanol–water partition coefficient (Wildman–Crippen LogP) is 4.92. The Kier molecular flexibility index (Phi) is 7.06. The maximum absolute atomic E-state index is 12.4. The second-order valence-corrected chi connectivity index (χ2v) is 5.63. The molecule has 0 aromatic heterocycles. The number of para-hydroxylation sites is 1. The monoisotopic (exact) mass is 314 g/mol. The van der Waals surface area contributed by atoms with E-state index in [1.165, 1.54) is 31.7 Å². The normalized spacial score (nSPS) is 22.0. The molecular weight excluding hydrogens is 290 g/mol. The molecule has 124 valence electrons. The summed E-state index contributed by atoms with van der Waals surface area (Å²) >= 11 is 0. The summed E-state index contributed by atoms with van der Waals surface area (Å²) in [7, 11) is 0. The van der Waals surface area contributed by atoms with Gasteiger partial charge < -0.3 is 14.2 Å². The molecule has 0 radical (unpaired) electrons. The van der Waals surface area contributed by atoms with Gasteiger partial charge in [-0.05, 0) is 12.5 Å². The predicted molar refractivity (Wildman–Crippen MR) is 80.0 cm³/mol. The zero-order chi connectivity index (χ0) is 15.8. The van der Waals surface area contributed by atoms with Gasteiger partial charge >= 0.3 is 6.61 Å². The zero-order valence-corrected chi connectivity index (χ0v) is 13.0. The third-order valence-corrected chi connectivity index (χ3v) is 3.82. The number of alkyl halides is 2. The van der Waals surface area contributed by atoms with Crippen LogP contribution in [0.15, 0.2) is 24.3 Å². The topological polar surface area (TPSA) is 27.7 Å². The molecule has 1 heterocycles. The maximum atomic E-state index is 12.4. The van der Waals surface area contributed by atoms with E-state index in [0.717, 1.165) is 6.42 Å². The van der Waals surface area contributed by atoms with Gasteiger partial charge in [0.25, 0.3) is 0 Å². The molecule has 0 saturated carbocycles. The number of unbranched alkanes of at least 4 members (excludes halogenated alkanes) is 3. The van der Waals surface area contributed by atoms with Crippen LogP contribution < -0.4 is 4.74 Å². The highest BCUT2D eigenvalue weighted by Gasteiger charge is 2.26. The smallest absolute Gasteiger partial charge is 0.387 e. The van der Waals surface area contributed by atoms with Gasteiger partial charge in [-0.25, -0.2) is 0 Å². The second-order valence-electron chi connectivity index (χ2n) is 5.63. The average Bonchev–Trinajstić information content (AvgIpc) is 2.52. The summed E-state index contributed by atoms with van der Waals surface area (Å²) in [4.78, 5) is 0. The number of rotatable bonds is 8. The van der Waals surface area contributed by atoms with Gasteiger partial charge in [0.05, 0.1) is 13.2 Å². The lowest BCUT2D eigenvalue weighted by molar-refractivity contribution is -0.207. The van der Waals surface area contributed by atoms with Crippen LogP contribution in [0.25, 0.3) is 0 Å². The van der Waals surface area contributed by atoms with E-state index in [4.69, 9.17) is 9.47 Å². The van der Waals surface area contributed by atoms with Crippen LogP contribution in [-0.4, -0.2) is 19.8 Å². The van der Waals surface area contributed by atoms with Gasteiger partial charge in [0.15, 0.2) is 6.29 Å². The maximum Gasteiger partial charge on any atom is 0.387 e. The van der Waals surface area contributed by atoms with E-state index in [2.05, 4.69) is 11.7 Å². The van der Waals surface area contributed by atoms with Crippen LogP contribution in [0.5, 0.6) is 5.75 Å². The van der Waals surface area contributed by atoms with E-state index in [-0.39, 0.29) is 5.75 Å². The first kappa shape index (κ1) is 17.2. The molecule has 1 aliphatic rings. The van der Waals surface area contributed by atoms with E-state index in [1.807, 2.05) is 0 Å². The summed E-state index contributed by atoms with van der Waals surface area (Å²) in [6.45, 7) is 0.534. The van der Waals surface area contributed by atoms with Crippen molar-refractivity contribution < 1.29 is 23.0 Å². The Hall–Kier alpha value is -1.20. The molecule has 5 heteroatoms. The summed E-state index contributed by atoms with van der Waals surface area (Å²) in [5.74, 6) is 0.500. The van der Waals surface area contributed by atoms with E-state index in [1.54, 1.807) is 18.2 Å². The Bertz CT molecular complexity index is 432. The van der Waals surface area contributed by atoms with Crippen molar-refractivity contribution in [1.82, 2.24) is 0 Å². The largest absolute Gasteiger partial charge is 0.434 e. The molecule has 1 aromatic rings. The molecule has 22 heavy (non-hydrogen) atoms. The fourth-order valence-corrected chi connectivity index (χ4v) is 2.63. The highest BCUT2D eigenvalue weighted by atomic mass is 19.3. The molecule has 1 fully saturated rings. The van der Waals surface area contributed by atoms with Gasteiger partial charge in [0, 0.05) is 11.5 Å². The van der Waals surface area contributed by atoms with Crippen molar-refractivity contribution in [1.29, 1.82) is 0 Å². The van der Waals surface area contributed by atoms with E-state index in [0.29, 0.717) is 24.7 Å². The Morgan fingerprint density at radius 1 is 1.14 bits per heavy atom. The summed E-state index contributed by atoms with van der Waals surface area (Å²) < 4.78 is 40.8. The zero-order valence-electron chi connectivity index (χ0n) is 13.0. The first-order chi connectivity index (χ1) is 10.7. The van der Waals surface area contributed by atoms with Crippen LogP contribution in [0.4, 0.5) is 8.78 Å². The fraction of sp³-hybridized carbons (Fsp3) is 0.647. The van der Waals surface area contributed by atoms with Crippen LogP contribution in [-0.2, 0) is 9.47 Å². The van der Waals surface area contributed by atoms with Crippen LogP contribution in [0.2, 0.25) is 0 Å².